The third-order valence-corrected chi connectivity index (χ3v) is 9.34. The molecule has 5 nitrogen and oxygen atoms in total. The normalized spacial score (nSPS) is 11.6. The van der Waals surface area contributed by atoms with Crippen LogP contribution in [0.25, 0.3) is 100 Å². The van der Waals surface area contributed by atoms with Gasteiger partial charge < -0.3 is 8.83 Å². The number of benzene rings is 7. The number of aromatic nitrogens is 3. The van der Waals surface area contributed by atoms with E-state index in [0.29, 0.717) is 17.5 Å². The van der Waals surface area contributed by atoms with E-state index in [4.69, 9.17) is 23.8 Å². The highest BCUT2D eigenvalue weighted by atomic mass is 16.3. The van der Waals surface area contributed by atoms with Crippen LogP contribution in [0.2, 0.25) is 0 Å². The van der Waals surface area contributed by atoms with E-state index in [1.807, 2.05) is 91.0 Å². The van der Waals surface area contributed by atoms with Gasteiger partial charge in [0.2, 0.25) is 0 Å². The van der Waals surface area contributed by atoms with Gasteiger partial charge in [-0.25, -0.2) is 15.0 Å². The largest absolute Gasteiger partial charge is 0.456 e. The summed E-state index contributed by atoms with van der Waals surface area (Å²) in [6.07, 6.45) is 0. The molecule has 0 saturated carbocycles. The van der Waals surface area contributed by atoms with Crippen LogP contribution in [-0.4, -0.2) is 15.0 Å². The first kappa shape index (κ1) is 28.2. The average molecular weight is 642 g/mol. The van der Waals surface area contributed by atoms with Crippen LogP contribution in [0.4, 0.5) is 0 Å². The molecule has 10 aromatic rings. The SMILES string of the molecule is c1ccc(-c2cc(-c3cccc4c3oc3cccc(-c5nc(-c6ccccc6)nc(-c6ccccc6)n5)c34)c3c(c2)oc2ccccc23)cc1. The van der Waals surface area contributed by atoms with Gasteiger partial charge in [-0.05, 0) is 41.0 Å². The predicted molar refractivity (Wildman–Crippen MR) is 202 cm³/mol. The molecule has 5 heteroatoms. The summed E-state index contributed by atoms with van der Waals surface area (Å²) in [5.74, 6) is 1.82. The highest BCUT2D eigenvalue weighted by Crippen LogP contribution is 2.45. The smallest absolute Gasteiger partial charge is 0.164 e. The molecule has 0 spiro atoms. The lowest BCUT2D eigenvalue weighted by Gasteiger charge is -2.10. The molecule has 0 amide bonds. The lowest BCUT2D eigenvalue weighted by Crippen LogP contribution is -2.00. The van der Waals surface area contributed by atoms with E-state index in [9.17, 15) is 0 Å². The molecule has 7 aromatic carbocycles. The Balaban J connectivity index is 1.24. The molecule has 0 N–H and O–H groups in total. The molecule has 0 atom stereocenters. The van der Waals surface area contributed by atoms with Gasteiger partial charge >= 0.3 is 0 Å². The summed E-state index contributed by atoms with van der Waals surface area (Å²) in [4.78, 5) is 15.0. The Hall–Kier alpha value is -6.85. The van der Waals surface area contributed by atoms with Crippen molar-refractivity contribution < 1.29 is 8.83 Å². The zero-order chi connectivity index (χ0) is 33.0. The van der Waals surface area contributed by atoms with E-state index >= 15 is 0 Å². The zero-order valence-corrected chi connectivity index (χ0v) is 26.7. The number of rotatable bonds is 5. The maximum Gasteiger partial charge on any atom is 0.164 e. The first-order valence-corrected chi connectivity index (χ1v) is 16.6. The molecule has 0 aliphatic heterocycles. The summed E-state index contributed by atoms with van der Waals surface area (Å²) in [7, 11) is 0. The number of fused-ring (bicyclic) bond motifs is 6. The summed E-state index contributed by atoms with van der Waals surface area (Å²) < 4.78 is 13.3. The van der Waals surface area contributed by atoms with Gasteiger partial charge in [0.25, 0.3) is 0 Å². The van der Waals surface area contributed by atoms with Crippen molar-refractivity contribution in [2.45, 2.75) is 0 Å². The van der Waals surface area contributed by atoms with E-state index in [2.05, 4.69) is 72.8 Å². The molecular formula is C45H27N3O2. The van der Waals surface area contributed by atoms with Crippen LogP contribution >= 0.6 is 0 Å². The fourth-order valence-electron chi connectivity index (χ4n) is 7.04. The molecule has 3 aromatic heterocycles. The van der Waals surface area contributed by atoms with Crippen molar-refractivity contribution in [1.29, 1.82) is 0 Å². The molecule has 50 heavy (non-hydrogen) atoms. The van der Waals surface area contributed by atoms with E-state index in [1.54, 1.807) is 0 Å². The average Bonchev–Trinajstić information content (AvgIpc) is 3.77. The van der Waals surface area contributed by atoms with Crippen molar-refractivity contribution >= 4 is 43.9 Å². The molecule has 0 unspecified atom stereocenters. The quantitative estimate of drug-likeness (QED) is 0.187. The standard InChI is InChI=1S/C45H27N3O2/c1-4-14-28(15-5-1)31-26-36(40-33-20-10-11-24-37(33)49-39(40)27-31)32-21-12-22-34-41-35(23-13-25-38(41)50-42(32)34)45-47-43(29-16-6-2-7-17-29)46-44(48-45)30-18-8-3-9-19-30/h1-27H. The van der Waals surface area contributed by atoms with Gasteiger partial charge in [0, 0.05) is 43.8 Å². The van der Waals surface area contributed by atoms with Gasteiger partial charge in [-0.15, -0.1) is 0 Å². The first-order valence-electron chi connectivity index (χ1n) is 16.6. The van der Waals surface area contributed by atoms with Crippen molar-refractivity contribution in [2.24, 2.45) is 0 Å². The maximum absolute atomic E-state index is 6.81. The lowest BCUT2D eigenvalue weighted by atomic mass is 9.93. The Bertz CT molecular complexity index is 2800. The molecule has 0 fully saturated rings. The Morgan fingerprint density at radius 2 is 0.860 bits per heavy atom. The van der Waals surface area contributed by atoms with Crippen LogP contribution in [0, 0.1) is 0 Å². The molecule has 0 bridgehead atoms. The third kappa shape index (κ3) is 4.60. The minimum atomic E-state index is 0.589. The summed E-state index contributed by atoms with van der Waals surface area (Å²) in [5, 5.41) is 4.08. The van der Waals surface area contributed by atoms with Crippen molar-refractivity contribution in [1.82, 2.24) is 15.0 Å². The Morgan fingerprint density at radius 3 is 1.58 bits per heavy atom. The number of furan rings is 2. The fraction of sp³-hybridized carbons (Fsp3) is 0. The zero-order valence-electron chi connectivity index (χ0n) is 26.7. The second-order valence-electron chi connectivity index (χ2n) is 12.4. The summed E-state index contributed by atoms with van der Waals surface area (Å²) in [6.45, 7) is 0. The van der Waals surface area contributed by atoms with Crippen LogP contribution < -0.4 is 0 Å². The van der Waals surface area contributed by atoms with Gasteiger partial charge in [-0.1, -0.05) is 140 Å². The topological polar surface area (TPSA) is 65.0 Å². The van der Waals surface area contributed by atoms with Crippen molar-refractivity contribution in [3.63, 3.8) is 0 Å². The van der Waals surface area contributed by atoms with Crippen molar-refractivity contribution in [2.75, 3.05) is 0 Å². The Morgan fingerprint density at radius 1 is 0.320 bits per heavy atom. The highest BCUT2D eigenvalue weighted by Gasteiger charge is 2.22. The molecule has 0 aliphatic rings. The Kier molecular flexibility index (Phi) is 6.42. The summed E-state index contributed by atoms with van der Waals surface area (Å²) >= 11 is 0. The van der Waals surface area contributed by atoms with Crippen LogP contribution in [0.1, 0.15) is 0 Å². The Labute approximate surface area is 287 Å². The van der Waals surface area contributed by atoms with Crippen LogP contribution in [0.3, 0.4) is 0 Å². The van der Waals surface area contributed by atoms with E-state index < -0.39 is 0 Å². The summed E-state index contributed by atoms with van der Waals surface area (Å²) in [5.41, 5.74) is 10.2. The van der Waals surface area contributed by atoms with E-state index in [1.165, 1.54) is 0 Å². The molecule has 10 rings (SSSR count). The van der Waals surface area contributed by atoms with Gasteiger partial charge in [0.15, 0.2) is 17.5 Å². The van der Waals surface area contributed by atoms with E-state index in [-0.39, 0.29) is 0 Å². The third-order valence-electron chi connectivity index (χ3n) is 9.34. The fourth-order valence-corrected chi connectivity index (χ4v) is 7.04. The molecule has 3 heterocycles. The number of hydrogen-bond donors (Lipinski definition) is 0. The van der Waals surface area contributed by atoms with Crippen LogP contribution in [-0.2, 0) is 0 Å². The second kappa shape index (κ2) is 11.4. The molecular weight excluding hydrogens is 615 g/mol. The number of nitrogens with zero attached hydrogens (tertiary/aromatic N) is 3. The van der Waals surface area contributed by atoms with Crippen LogP contribution in [0.15, 0.2) is 173 Å². The minimum absolute atomic E-state index is 0.589. The van der Waals surface area contributed by atoms with Gasteiger partial charge in [0.05, 0.1) is 0 Å². The minimum Gasteiger partial charge on any atom is -0.456 e. The second-order valence-corrected chi connectivity index (χ2v) is 12.4. The lowest BCUT2D eigenvalue weighted by molar-refractivity contribution is 0.669. The summed E-state index contributed by atoms with van der Waals surface area (Å²) in [6, 6.07) is 55.6. The van der Waals surface area contributed by atoms with Crippen LogP contribution in [0.5, 0.6) is 0 Å². The number of hydrogen-bond acceptors (Lipinski definition) is 5. The van der Waals surface area contributed by atoms with Gasteiger partial charge in [-0.3, -0.25) is 0 Å². The molecule has 0 aliphatic carbocycles. The molecule has 0 saturated heterocycles. The highest BCUT2D eigenvalue weighted by molar-refractivity contribution is 6.19. The maximum atomic E-state index is 6.81. The molecule has 234 valence electrons. The number of para-hydroxylation sites is 2. The monoisotopic (exact) mass is 641 g/mol. The van der Waals surface area contributed by atoms with Crippen molar-refractivity contribution in [3.8, 4) is 56.4 Å². The molecule has 0 radical (unpaired) electrons. The van der Waals surface area contributed by atoms with E-state index in [0.717, 1.165) is 82.8 Å². The first-order chi connectivity index (χ1) is 24.8. The van der Waals surface area contributed by atoms with Crippen molar-refractivity contribution in [3.05, 3.63) is 164 Å². The van der Waals surface area contributed by atoms with Gasteiger partial charge in [-0.2, -0.15) is 0 Å². The van der Waals surface area contributed by atoms with Gasteiger partial charge in [0.1, 0.15) is 22.3 Å². The predicted octanol–water partition coefficient (Wildman–Crippen LogP) is 12.0.